The largest absolute Gasteiger partial charge is 0.508 e. The van der Waals surface area contributed by atoms with Crippen LogP contribution in [0.1, 0.15) is 31.1 Å². The summed E-state index contributed by atoms with van der Waals surface area (Å²) in [5.74, 6) is -3.13. The van der Waals surface area contributed by atoms with E-state index in [9.17, 15) is 70.9 Å². The second-order valence-electron chi connectivity index (χ2n) is 17.8. The number of ether oxygens (including phenoxy) is 10. The Kier molecular flexibility index (Phi) is 15.9. The summed E-state index contributed by atoms with van der Waals surface area (Å²) in [6, 6.07) is 13.3. The van der Waals surface area contributed by atoms with Gasteiger partial charge in [0.2, 0.25) is 23.8 Å². The molecule has 0 amide bonds. The van der Waals surface area contributed by atoms with Gasteiger partial charge in [0.05, 0.1) is 32.0 Å². The molecule has 5 heterocycles. The molecule has 1 aromatic heterocycles. The third kappa shape index (κ3) is 10.4. The Morgan fingerprint density at radius 2 is 1.21 bits per heavy atom. The van der Waals surface area contributed by atoms with Crippen molar-refractivity contribution in [2.45, 2.75) is 144 Å². The van der Waals surface area contributed by atoms with E-state index in [1.165, 1.54) is 64.3 Å². The molecule has 0 bridgehead atoms. The Labute approximate surface area is 407 Å². The Hall–Kier alpha value is -5.30. The molecule has 0 radical (unpaired) electrons. The monoisotopic (exact) mass is 1020 g/mol. The lowest BCUT2D eigenvalue weighted by molar-refractivity contribution is -0.360. The van der Waals surface area contributed by atoms with E-state index in [0.29, 0.717) is 0 Å². The molecule has 4 saturated heterocycles. The number of esters is 1. The zero-order chi connectivity index (χ0) is 52.0. The maximum absolute atomic E-state index is 14.7. The van der Waals surface area contributed by atoms with Gasteiger partial charge in [-0.1, -0.05) is 12.1 Å². The van der Waals surface area contributed by atoms with E-state index in [0.717, 1.165) is 12.1 Å². The smallest absolute Gasteiger partial charge is 0.342 e. The minimum absolute atomic E-state index is 0.0442. The van der Waals surface area contributed by atoms with Gasteiger partial charge in [0.1, 0.15) is 107 Å². The van der Waals surface area contributed by atoms with Crippen molar-refractivity contribution in [2.24, 2.45) is 0 Å². The normalized spacial score (nSPS) is 37.2. The van der Waals surface area contributed by atoms with E-state index >= 15 is 0 Å². The summed E-state index contributed by atoms with van der Waals surface area (Å²) in [5, 5.41) is 129. The molecule has 25 nitrogen and oxygen atoms in total. The lowest BCUT2D eigenvalue weighted by Crippen LogP contribution is -2.65. The molecular formula is C47H56O25. The fraction of sp³-hybridized carbons (Fsp3) is 0.532. The summed E-state index contributed by atoms with van der Waals surface area (Å²) in [4.78, 5) is 27.8. The van der Waals surface area contributed by atoms with E-state index in [1.807, 2.05) is 0 Å². The highest BCUT2D eigenvalue weighted by molar-refractivity contribution is 5.92. The molecule has 72 heavy (non-hydrogen) atoms. The minimum Gasteiger partial charge on any atom is -0.508 e. The number of rotatable bonds is 13. The van der Waals surface area contributed by atoms with Crippen LogP contribution in [0.15, 0.2) is 69.9 Å². The summed E-state index contributed by atoms with van der Waals surface area (Å²) in [6.45, 7) is 3.46. The second kappa shape index (κ2) is 21.7. The molecule has 20 atom stereocenters. The molecule has 0 spiro atoms. The summed E-state index contributed by atoms with van der Waals surface area (Å²) in [7, 11) is 1.36. The summed E-state index contributed by atoms with van der Waals surface area (Å²) < 4.78 is 63.5. The maximum atomic E-state index is 14.7. The van der Waals surface area contributed by atoms with Crippen LogP contribution in [0, 0.1) is 0 Å². The average Bonchev–Trinajstić information content (AvgIpc) is 3.36. The van der Waals surface area contributed by atoms with Crippen LogP contribution in [0.25, 0.3) is 22.3 Å². The Morgan fingerprint density at radius 1 is 0.611 bits per heavy atom. The number of hydrogen-bond acceptors (Lipinski definition) is 25. The van der Waals surface area contributed by atoms with Crippen molar-refractivity contribution in [3.63, 3.8) is 0 Å². The molecule has 12 N–H and O–H groups in total. The number of para-hydroxylation sites is 1. The molecule has 25 heteroatoms. The van der Waals surface area contributed by atoms with Gasteiger partial charge in [0, 0.05) is 17.7 Å². The molecule has 20 unspecified atom stereocenters. The fourth-order valence-corrected chi connectivity index (χ4v) is 8.66. The number of aliphatic hydroxyl groups excluding tert-OH is 10. The zero-order valence-electron chi connectivity index (χ0n) is 38.7. The van der Waals surface area contributed by atoms with Gasteiger partial charge in [-0.05, 0) is 57.2 Å². The van der Waals surface area contributed by atoms with Crippen LogP contribution in [0.2, 0.25) is 0 Å². The summed E-state index contributed by atoms with van der Waals surface area (Å²) in [5.41, 5.74) is -1.39. The number of benzene rings is 3. The first-order valence-corrected chi connectivity index (χ1v) is 22.7. The standard InChI is InChI=1S/C47H56O25/c1-16-28(50)32(54)36(58)44(64-16)63-15-26-30(52)34(56)42(72-46-37(59)33(55)29(51)17(2)65-46)47(69-26)71-41-31(53)27-23(49)13-21(14-25(27)68-40(41)19-9-11-20(48)12-10-19)67-45-38(60)35(57)39(18(3)66-45)70-43(61)22-7-5-6-8-24(22)62-4/h5-14,16-18,26,28-30,32-39,42,44-52,54-60H,15H2,1-4H3. The molecule has 4 aliphatic rings. The minimum atomic E-state index is -2.08. The molecular weight excluding hydrogens is 964 g/mol. The number of hydrogen-bond donors (Lipinski definition) is 12. The van der Waals surface area contributed by atoms with Gasteiger partial charge in [0.15, 0.2) is 30.5 Å². The van der Waals surface area contributed by atoms with Crippen molar-refractivity contribution in [3.8, 4) is 40.1 Å². The topological polar surface area (TPSA) is 382 Å². The molecule has 4 aliphatic heterocycles. The van der Waals surface area contributed by atoms with E-state index in [4.69, 9.17) is 51.8 Å². The van der Waals surface area contributed by atoms with Gasteiger partial charge in [-0.3, -0.25) is 4.79 Å². The van der Waals surface area contributed by atoms with Gasteiger partial charge in [-0.15, -0.1) is 0 Å². The first-order chi connectivity index (χ1) is 34.2. The lowest BCUT2D eigenvalue weighted by atomic mass is 9.97. The molecule has 394 valence electrons. The number of aromatic hydroxyl groups is 2. The maximum Gasteiger partial charge on any atom is 0.342 e. The van der Waals surface area contributed by atoms with Crippen LogP contribution in [0.4, 0.5) is 0 Å². The highest BCUT2D eigenvalue weighted by atomic mass is 16.8. The quantitative estimate of drug-likeness (QED) is 0.0634. The molecule has 4 aromatic rings. The van der Waals surface area contributed by atoms with E-state index in [2.05, 4.69) is 0 Å². The van der Waals surface area contributed by atoms with Gasteiger partial charge < -0.3 is 113 Å². The number of carbonyl (C=O) groups is 1. The van der Waals surface area contributed by atoms with Crippen LogP contribution in [0.5, 0.6) is 28.7 Å². The molecule has 0 saturated carbocycles. The van der Waals surface area contributed by atoms with Crippen LogP contribution in [-0.4, -0.2) is 204 Å². The van der Waals surface area contributed by atoms with Gasteiger partial charge in [-0.2, -0.15) is 0 Å². The van der Waals surface area contributed by atoms with E-state index in [-0.39, 0.29) is 34.0 Å². The van der Waals surface area contributed by atoms with Gasteiger partial charge in [-0.25, -0.2) is 4.79 Å². The highest BCUT2D eigenvalue weighted by Crippen LogP contribution is 2.40. The van der Waals surface area contributed by atoms with Crippen LogP contribution < -0.4 is 19.6 Å². The van der Waals surface area contributed by atoms with Crippen LogP contribution >= 0.6 is 0 Å². The summed E-state index contributed by atoms with van der Waals surface area (Å²) >= 11 is 0. The van der Waals surface area contributed by atoms with Crippen molar-refractivity contribution in [1.29, 1.82) is 0 Å². The van der Waals surface area contributed by atoms with Crippen molar-refractivity contribution < 1.29 is 118 Å². The second-order valence-corrected chi connectivity index (χ2v) is 17.8. The van der Waals surface area contributed by atoms with Crippen molar-refractivity contribution in [1.82, 2.24) is 0 Å². The highest BCUT2D eigenvalue weighted by Gasteiger charge is 2.53. The number of methoxy groups -OCH3 is 1. The Balaban J connectivity index is 1.11. The number of aliphatic hydroxyl groups is 10. The molecule has 0 aliphatic carbocycles. The van der Waals surface area contributed by atoms with E-state index in [1.54, 1.807) is 12.1 Å². The van der Waals surface area contributed by atoms with Gasteiger partial charge in [0.25, 0.3) is 0 Å². The first-order valence-electron chi connectivity index (χ1n) is 22.7. The number of fused-ring (bicyclic) bond motifs is 1. The van der Waals surface area contributed by atoms with Crippen LogP contribution in [-0.2, 0) is 33.2 Å². The molecule has 8 rings (SSSR count). The number of phenolic OH excluding ortho intramolecular Hbond substituents is 2. The first kappa shape index (κ1) is 53.0. The fourth-order valence-electron chi connectivity index (χ4n) is 8.66. The van der Waals surface area contributed by atoms with Crippen molar-refractivity contribution in [2.75, 3.05) is 13.7 Å². The molecule has 4 fully saturated rings. The summed E-state index contributed by atoms with van der Waals surface area (Å²) in [6.07, 6.45) is -33.4. The number of carbonyl (C=O) groups excluding carboxylic acids is 1. The Bertz CT molecular complexity index is 2570. The Morgan fingerprint density at radius 3 is 1.88 bits per heavy atom. The lowest BCUT2D eigenvalue weighted by Gasteiger charge is -2.46. The third-order valence-electron chi connectivity index (χ3n) is 12.8. The SMILES string of the molecule is COc1ccccc1C(=O)OC1C(C)OC(Oc2cc(O)c3c(=O)c(OC4OC(COC5OC(C)C(O)C(O)C5O)C(O)C(O)C4OC4OC(C)C(O)C(O)C4O)c(-c4ccc(O)cc4)oc3c2)C(O)C1O. The van der Waals surface area contributed by atoms with Crippen molar-refractivity contribution in [3.05, 3.63) is 76.5 Å². The number of phenols is 2. The van der Waals surface area contributed by atoms with E-state index < -0.39 is 163 Å². The van der Waals surface area contributed by atoms with Gasteiger partial charge >= 0.3 is 5.97 Å². The van der Waals surface area contributed by atoms with Crippen LogP contribution in [0.3, 0.4) is 0 Å². The predicted octanol–water partition coefficient (Wildman–Crippen LogP) is -2.17. The average molecular weight is 1020 g/mol. The van der Waals surface area contributed by atoms with Crippen molar-refractivity contribution >= 4 is 16.9 Å². The third-order valence-corrected chi connectivity index (χ3v) is 12.8. The predicted molar refractivity (Wildman–Crippen MR) is 237 cm³/mol. The molecule has 3 aromatic carbocycles. The zero-order valence-corrected chi connectivity index (χ0v) is 38.7.